The van der Waals surface area contributed by atoms with E-state index in [1.165, 1.54) is 0 Å². The number of unbranched alkanes of at least 4 members (excludes halogenated alkanes) is 1. The topological polar surface area (TPSA) is 26.3 Å². The fourth-order valence-electron chi connectivity index (χ4n) is 1.05. The second-order valence-electron chi connectivity index (χ2n) is 3.24. The number of hydrogen-bond donors (Lipinski definition) is 0. The molecule has 0 heterocycles. The van der Waals surface area contributed by atoms with E-state index in [9.17, 15) is 4.79 Å². The Morgan fingerprint density at radius 1 is 1.46 bits per heavy atom. The smallest absolute Gasteiger partial charge is 0.312 e. The molecule has 0 saturated heterocycles. The molecule has 0 amide bonds. The standard InChI is InChI=1S/C11H20O2/c1-5-7-8-9(3)10(4)11(12)13-6-2/h10H,3,5-8H2,1-2,4H3. The highest BCUT2D eigenvalue weighted by molar-refractivity contribution is 5.75. The summed E-state index contributed by atoms with van der Waals surface area (Å²) in [7, 11) is 0. The minimum Gasteiger partial charge on any atom is -0.466 e. The van der Waals surface area contributed by atoms with Gasteiger partial charge in [-0.25, -0.2) is 0 Å². The van der Waals surface area contributed by atoms with Gasteiger partial charge in [-0.05, 0) is 26.7 Å². The fraction of sp³-hybridized carbons (Fsp3) is 0.727. The molecule has 0 aromatic heterocycles. The summed E-state index contributed by atoms with van der Waals surface area (Å²) in [4.78, 5) is 11.3. The zero-order chi connectivity index (χ0) is 10.3. The summed E-state index contributed by atoms with van der Waals surface area (Å²) >= 11 is 0. The van der Waals surface area contributed by atoms with Gasteiger partial charge in [0, 0.05) is 0 Å². The van der Waals surface area contributed by atoms with Crippen LogP contribution in [-0.2, 0) is 9.53 Å². The van der Waals surface area contributed by atoms with Crippen LogP contribution in [0.3, 0.4) is 0 Å². The second kappa shape index (κ2) is 6.70. The number of ether oxygens (including phenoxy) is 1. The Hall–Kier alpha value is -0.790. The predicted octanol–water partition coefficient (Wildman–Crippen LogP) is 2.93. The largest absolute Gasteiger partial charge is 0.466 e. The first kappa shape index (κ1) is 12.2. The van der Waals surface area contributed by atoms with Gasteiger partial charge in [0.15, 0.2) is 0 Å². The zero-order valence-corrected chi connectivity index (χ0v) is 8.93. The van der Waals surface area contributed by atoms with Gasteiger partial charge < -0.3 is 4.74 Å². The van der Waals surface area contributed by atoms with Crippen LogP contribution >= 0.6 is 0 Å². The van der Waals surface area contributed by atoms with Crippen molar-refractivity contribution in [3.05, 3.63) is 12.2 Å². The molecule has 0 fully saturated rings. The van der Waals surface area contributed by atoms with E-state index >= 15 is 0 Å². The summed E-state index contributed by atoms with van der Waals surface area (Å²) in [5.74, 6) is -0.296. The number of carbonyl (C=O) groups excluding carboxylic acids is 1. The molecule has 76 valence electrons. The quantitative estimate of drug-likeness (QED) is 0.468. The molecule has 0 aromatic carbocycles. The van der Waals surface area contributed by atoms with Crippen LogP contribution in [0.4, 0.5) is 0 Å². The zero-order valence-electron chi connectivity index (χ0n) is 8.93. The summed E-state index contributed by atoms with van der Waals surface area (Å²) in [6, 6.07) is 0. The van der Waals surface area contributed by atoms with Crippen LogP contribution in [0.1, 0.15) is 40.0 Å². The van der Waals surface area contributed by atoms with Gasteiger partial charge in [0.25, 0.3) is 0 Å². The van der Waals surface area contributed by atoms with Crippen LogP contribution < -0.4 is 0 Å². The number of carbonyl (C=O) groups is 1. The summed E-state index contributed by atoms with van der Waals surface area (Å²) in [6.07, 6.45) is 3.16. The van der Waals surface area contributed by atoms with Crippen molar-refractivity contribution >= 4 is 5.97 Å². The maximum absolute atomic E-state index is 11.3. The van der Waals surface area contributed by atoms with Crippen molar-refractivity contribution in [1.29, 1.82) is 0 Å². The van der Waals surface area contributed by atoms with Crippen LogP contribution in [-0.4, -0.2) is 12.6 Å². The summed E-state index contributed by atoms with van der Waals surface area (Å²) in [5.41, 5.74) is 0.986. The molecule has 1 atom stereocenters. The van der Waals surface area contributed by atoms with Crippen LogP contribution in [0.15, 0.2) is 12.2 Å². The molecule has 0 rings (SSSR count). The lowest BCUT2D eigenvalue weighted by Gasteiger charge is -2.12. The van der Waals surface area contributed by atoms with Gasteiger partial charge in [-0.15, -0.1) is 0 Å². The Morgan fingerprint density at radius 3 is 2.54 bits per heavy atom. The molecule has 1 unspecified atom stereocenters. The van der Waals surface area contributed by atoms with Gasteiger partial charge in [0.2, 0.25) is 0 Å². The Balaban J connectivity index is 3.87. The molecular weight excluding hydrogens is 164 g/mol. The molecule has 0 aliphatic carbocycles. The van der Waals surface area contributed by atoms with Crippen molar-refractivity contribution in [1.82, 2.24) is 0 Å². The van der Waals surface area contributed by atoms with Gasteiger partial charge in [-0.1, -0.05) is 25.5 Å². The van der Waals surface area contributed by atoms with Crippen molar-refractivity contribution in [3.8, 4) is 0 Å². The molecule has 0 aliphatic rings. The lowest BCUT2D eigenvalue weighted by molar-refractivity contribution is -0.146. The average Bonchev–Trinajstić information content (AvgIpc) is 2.13. The predicted molar refractivity (Wildman–Crippen MR) is 54.5 cm³/mol. The maximum atomic E-state index is 11.3. The fourth-order valence-corrected chi connectivity index (χ4v) is 1.05. The highest BCUT2D eigenvalue weighted by atomic mass is 16.5. The number of rotatable bonds is 6. The van der Waals surface area contributed by atoms with Gasteiger partial charge in [-0.3, -0.25) is 4.79 Å². The van der Waals surface area contributed by atoms with E-state index in [1.54, 1.807) is 0 Å². The van der Waals surface area contributed by atoms with E-state index in [4.69, 9.17) is 4.74 Å². The lowest BCUT2D eigenvalue weighted by atomic mass is 9.98. The molecule has 13 heavy (non-hydrogen) atoms. The number of esters is 1. The van der Waals surface area contributed by atoms with Gasteiger partial charge in [0.05, 0.1) is 12.5 Å². The van der Waals surface area contributed by atoms with Crippen LogP contribution in [0.2, 0.25) is 0 Å². The van der Waals surface area contributed by atoms with Crippen molar-refractivity contribution in [2.45, 2.75) is 40.0 Å². The van der Waals surface area contributed by atoms with E-state index in [1.807, 2.05) is 13.8 Å². The van der Waals surface area contributed by atoms with E-state index in [0.29, 0.717) is 6.61 Å². The molecule has 0 aromatic rings. The normalized spacial score (nSPS) is 12.2. The average molecular weight is 184 g/mol. The van der Waals surface area contributed by atoms with Gasteiger partial charge in [0.1, 0.15) is 0 Å². The second-order valence-corrected chi connectivity index (χ2v) is 3.24. The van der Waals surface area contributed by atoms with Crippen molar-refractivity contribution in [3.63, 3.8) is 0 Å². The van der Waals surface area contributed by atoms with E-state index in [0.717, 1.165) is 24.8 Å². The Labute approximate surface area is 81.0 Å². The molecule has 0 bridgehead atoms. The molecule has 0 radical (unpaired) electrons. The van der Waals surface area contributed by atoms with Crippen molar-refractivity contribution in [2.75, 3.05) is 6.61 Å². The molecule has 0 saturated carbocycles. The van der Waals surface area contributed by atoms with Crippen LogP contribution in [0, 0.1) is 5.92 Å². The Morgan fingerprint density at radius 2 is 2.08 bits per heavy atom. The highest BCUT2D eigenvalue weighted by Crippen LogP contribution is 2.16. The first-order valence-electron chi connectivity index (χ1n) is 4.97. The third-order valence-electron chi connectivity index (χ3n) is 2.10. The van der Waals surface area contributed by atoms with Crippen LogP contribution in [0.5, 0.6) is 0 Å². The van der Waals surface area contributed by atoms with Gasteiger partial charge >= 0.3 is 5.97 Å². The van der Waals surface area contributed by atoms with E-state index in [-0.39, 0.29) is 11.9 Å². The minimum atomic E-state index is -0.149. The summed E-state index contributed by atoms with van der Waals surface area (Å²) in [5, 5.41) is 0. The highest BCUT2D eigenvalue weighted by Gasteiger charge is 2.16. The molecule has 2 heteroatoms. The van der Waals surface area contributed by atoms with E-state index < -0.39 is 0 Å². The first-order valence-corrected chi connectivity index (χ1v) is 4.97. The molecular formula is C11H20O2. The summed E-state index contributed by atoms with van der Waals surface area (Å²) in [6.45, 7) is 10.1. The maximum Gasteiger partial charge on any atom is 0.312 e. The van der Waals surface area contributed by atoms with Crippen molar-refractivity contribution < 1.29 is 9.53 Å². The third kappa shape index (κ3) is 4.71. The lowest BCUT2D eigenvalue weighted by Crippen LogP contribution is -2.16. The van der Waals surface area contributed by atoms with Crippen molar-refractivity contribution in [2.24, 2.45) is 5.92 Å². The minimum absolute atomic E-state index is 0.147. The molecule has 0 N–H and O–H groups in total. The summed E-state index contributed by atoms with van der Waals surface area (Å²) < 4.78 is 4.90. The van der Waals surface area contributed by atoms with Gasteiger partial charge in [-0.2, -0.15) is 0 Å². The van der Waals surface area contributed by atoms with E-state index in [2.05, 4.69) is 13.5 Å². The SMILES string of the molecule is C=C(CCCC)C(C)C(=O)OCC. The Kier molecular flexibility index (Phi) is 6.29. The Bertz CT molecular complexity index is 173. The third-order valence-corrected chi connectivity index (χ3v) is 2.10. The molecule has 0 spiro atoms. The first-order chi connectivity index (χ1) is 6.13. The molecule has 0 aliphatic heterocycles. The molecule has 2 nitrogen and oxygen atoms in total. The monoisotopic (exact) mass is 184 g/mol. The number of hydrogen-bond acceptors (Lipinski definition) is 2. The van der Waals surface area contributed by atoms with Crippen LogP contribution in [0.25, 0.3) is 0 Å².